The summed E-state index contributed by atoms with van der Waals surface area (Å²) in [4.78, 5) is 12.0. The summed E-state index contributed by atoms with van der Waals surface area (Å²) >= 11 is 0. The maximum absolute atomic E-state index is 12.0. The molecule has 1 saturated heterocycles. The quantitative estimate of drug-likeness (QED) is 0.675. The third kappa shape index (κ3) is 1.69. The van der Waals surface area contributed by atoms with Crippen LogP contribution in [-0.4, -0.2) is 24.6 Å². The van der Waals surface area contributed by atoms with Crippen LogP contribution in [0.25, 0.3) is 0 Å². The Bertz CT molecular complexity index is 262. The summed E-state index contributed by atoms with van der Waals surface area (Å²) in [5, 5.41) is 0. The first-order chi connectivity index (χ1) is 6.72. The van der Waals surface area contributed by atoms with Gasteiger partial charge in [0.25, 0.3) is 0 Å². The smallest absolute Gasteiger partial charge is 0.193 e. The molecule has 2 heterocycles. The molecule has 3 nitrogen and oxygen atoms in total. The van der Waals surface area contributed by atoms with Crippen LogP contribution in [0.3, 0.4) is 0 Å². The molecule has 2 aliphatic rings. The molecule has 0 radical (unpaired) electrons. The van der Waals surface area contributed by atoms with Crippen molar-refractivity contribution in [2.45, 2.75) is 38.2 Å². The predicted molar refractivity (Wildman–Crippen MR) is 51.9 cm³/mol. The van der Waals surface area contributed by atoms with E-state index >= 15 is 0 Å². The first-order valence-electron chi connectivity index (χ1n) is 5.22. The summed E-state index contributed by atoms with van der Waals surface area (Å²) in [7, 11) is 0. The normalized spacial score (nSPS) is 32.2. The lowest BCUT2D eigenvalue weighted by molar-refractivity contribution is -0.133. The highest BCUT2D eigenvalue weighted by Gasteiger charge is 2.39. The van der Waals surface area contributed by atoms with Gasteiger partial charge in [-0.15, -0.1) is 0 Å². The molecule has 0 amide bonds. The summed E-state index contributed by atoms with van der Waals surface area (Å²) in [6.07, 6.45) is 5.20. The van der Waals surface area contributed by atoms with Crippen LogP contribution < -0.4 is 0 Å². The second-order valence-electron chi connectivity index (χ2n) is 4.13. The molecule has 0 bridgehead atoms. The molecule has 1 fully saturated rings. The van der Waals surface area contributed by atoms with Gasteiger partial charge in [0.05, 0.1) is 12.9 Å². The zero-order valence-corrected chi connectivity index (χ0v) is 8.54. The van der Waals surface area contributed by atoms with Gasteiger partial charge in [0.2, 0.25) is 0 Å². The Morgan fingerprint density at radius 2 is 2.29 bits per heavy atom. The Hall–Kier alpha value is -0.830. The number of hydrogen-bond donors (Lipinski definition) is 0. The van der Waals surface area contributed by atoms with Crippen LogP contribution in [0.15, 0.2) is 11.8 Å². The Labute approximate surface area is 84.1 Å². The van der Waals surface area contributed by atoms with Gasteiger partial charge in [0.15, 0.2) is 5.78 Å². The van der Waals surface area contributed by atoms with Crippen LogP contribution in [0, 0.1) is 0 Å². The first kappa shape index (κ1) is 9.71. The second-order valence-corrected chi connectivity index (χ2v) is 4.13. The Balaban J connectivity index is 2.10. The van der Waals surface area contributed by atoms with E-state index < -0.39 is 5.60 Å². The molecule has 0 N–H and O–H groups in total. The van der Waals surface area contributed by atoms with Gasteiger partial charge in [-0.25, -0.2) is 0 Å². The minimum atomic E-state index is -0.577. The molecule has 2 rings (SSSR count). The highest BCUT2D eigenvalue weighted by atomic mass is 16.5. The minimum absolute atomic E-state index is 0.120. The van der Waals surface area contributed by atoms with Crippen molar-refractivity contribution in [3.63, 3.8) is 0 Å². The van der Waals surface area contributed by atoms with Gasteiger partial charge in [0.1, 0.15) is 5.60 Å². The van der Waals surface area contributed by atoms with E-state index in [1.54, 1.807) is 6.26 Å². The lowest BCUT2D eigenvalue weighted by Gasteiger charge is -2.24. The van der Waals surface area contributed by atoms with E-state index in [1.807, 2.05) is 6.92 Å². The maximum atomic E-state index is 12.0. The van der Waals surface area contributed by atoms with Crippen molar-refractivity contribution < 1.29 is 14.3 Å². The Kier molecular flexibility index (Phi) is 2.59. The van der Waals surface area contributed by atoms with Crippen molar-refractivity contribution in [2.75, 3.05) is 13.2 Å². The second kappa shape index (κ2) is 3.73. The molecule has 3 heteroatoms. The van der Waals surface area contributed by atoms with E-state index in [9.17, 15) is 4.79 Å². The van der Waals surface area contributed by atoms with Gasteiger partial charge in [0, 0.05) is 12.2 Å². The molecule has 78 valence electrons. The number of hydrogen-bond acceptors (Lipinski definition) is 3. The fraction of sp³-hybridized carbons (Fsp3) is 0.727. The van der Waals surface area contributed by atoms with Gasteiger partial charge >= 0.3 is 0 Å². The number of ketones is 1. The maximum Gasteiger partial charge on any atom is 0.193 e. The van der Waals surface area contributed by atoms with Crippen LogP contribution in [0.5, 0.6) is 0 Å². The number of rotatable bonds is 2. The zero-order chi connectivity index (χ0) is 10.0. The molecule has 0 saturated carbocycles. The van der Waals surface area contributed by atoms with Crippen molar-refractivity contribution in [2.24, 2.45) is 0 Å². The molecular formula is C11H16O3. The molecule has 2 aliphatic heterocycles. The topological polar surface area (TPSA) is 35.5 Å². The molecule has 0 aromatic carbocycles. The average molecular weight is 196 g/mol. The number of carbonyl (C=O) groups excluding carboxylic acids is 1. The monoisotopic (exact) mass is 196 g/mol. The molecule has 1 atom stereocenters. The van der Waals surface area contributed by atoms with Gasteiger partial charge in [-0.05, 0) is 32.6 Å². The van der Waals surface area contributed by atoms with Gasteiger partial charge in [-0.2, -0.15) is 0 Å². The van der Waals surface area contributed by atoms with Crippen LogP contribution in [0.2, 0.25) is 0 Å². The number of carbonyl (C=O) groups is 1. The van der Waals surface area contributed by atoms with E-state index in [2.05, 4.69) is 0 Å². The van der Waals surface area contributed by atoms with Crippen molar-refractivity contribution in [1.29, 1.82) is 0 Å². The lowest BCUT2D eigenvalue weighted by Crippen LogP contribution is -2.36. The lowest BCUT2D eigenvalue weighted by atomic mass is 9.90. The van der Waals surface area contributed by atoms with E-state index in [0.717, 1.165) is 37.9 Å². The van der Waals surface area contributed by atoms with E-state index in [1.165, 1.54) is 0 Å². The minimum Gasteiger partial charge on any atom is -0.501 e. The third-order valence-corrected chi connectivity index (χ3v) is 2.92. The molecule has 1 unspecified atom stereocenters. The summed E-state index contributed by atoms with van der Waals surface area (Å²) in [6, 6.07) is 0. The van der Waals surface area contributed by atoms with Crippen molar-refractivity contribution in [3.05, 3.63) is 11.8 Å². The highest BCUT2D eigenvalue weighted by Crippen LogP contribution is 2.30. The molecule has 0 spiro atoms. The standard InChI is InChI=1S/C11H16O3/c1-11(5-3-7-14-11)10(12)9-4-2-6-13-8-9/h8H,2-7H2,1H3. The van der Waals surface area contributed by atoms with Crippen molar-refractivity contribution in [1.82, 2.24) is 0 Å². The molecule has 0 aromatic heterocycles. The Morgan fingerprint density at radius 1 is 1.43 bits per heavy atom. The summed E-state index contributed by atoms with van der Waals surface area (Å²) in [5.41, 5.74) is 0.215. The average Bonchev–Trinajstić information content (AvgIpc) is 2.67. The van der Waals surface area contributed by atoms with E-state index in [4.69, 9.17) is 9.47 Å². The fourth-order valence-electron chi connectivity index (χ4n) is 2.03. The summed E-state index contributed by atoms with van der Waals surface area (Å²) in [5.74, 6) is 0.120. The zero-order valence-electron chi connectivity index (χ0n) is 8.54. The van der Waals surface area contributed by atoms with Crippen LogP contribution in [0.4, 0.5) is 0 Å². The van der Waals surface area contributed by atoms with Crippen LogP contribution in [0.1, 0.15) is 32.6 Å². The van der Waals surface area contributed by atoms with Gasteiger partial charge in [-0.3, -0.25) is 4.79 Å². The van der Waals surface area contributed by atoms with E-state index in [-0.39, 0.29) is 5.78 Å². The molecular weight excluding hydrogens is 180 g/mol. The van der Waals surface area contributed by atoms with Gasteiger partial charge in [-0.1, -0.05) is 0 Å². The third-order valence-electron chi connectivity index (χ3n) is 2.92. The van der Waals surface area contributed by atoms with Crippen LogP contribution in [-0.2, 0) is 14.3 Å². The van der Waals surface area contributed by atoms with Crippen LogP contribution >= 0.6 is 0 Å². The summed E-state index contributed by atoms with van der Waals surface area (Å²) < 4.78 is 10.7. The predicted octanol–water partition coefficient (Wildman–Crippen LogP) is 1.82. The molecule has 0 aromatic rings. The largest absolute Gasteiger partial charge is 0.501 e. The number of Topliss-reactive ketones (excluding diaryl/α,β-unsaturated/α-hetero) is 1. The molecule has 14 heavy (non-hydrogen) atoms. The highest BCUT2D eigenvalue weighted by molar-refractivity contribution is 6.01. The first-order valence-corrected chi connectivity index (χ1v) is 5.22. The van der Waals surface area contributed by atoms with Crippen molar-refractivity contribution >= 4 is 5.78 Å². The molecule has 0 aliphatic carbocycles. The number of ether oxygens (including phenoxy) is 2. The Morgan fingerprint density at radius 3 is 2.86 bits per heavy atom. The fourth-order valence-corrected chi connectivity index (χ4v) is 2.03. The summed E-state index contributed by atoms with van der Waals surface area (Å²) in [6.45, 7) is 3.32. The SMILES string of the molecule is CC1(C(=O)C2=COCCC2)CCCO1. The van der Waals surface area contributed by atoms with E-state index in [0.29, 0.717) is 6.61 Å². The van der Waals surface area contributed by atoms with Gasteiger partial charge < -0.3 is 9.47 Å². The van der Waals surface area contributed by atoms with Crippen molar-refractivity contribution in [3.8, 4) is 0 Å².